The minimum atomic E-state index is -0.162. The molecule has 0 bridgehead atoms. The van der Waals surface area contributed by atoms with Crippen LogP contribution < -0.4 is 0 Å². The van der Waals surface area contributed by atoms with Crippen molar-refractivity contribution in [3.8, 4) is 0 Å². The van der Waals surface area contributed by atoms with E-state index < -0.39 is 0 Å². The molecule has 1 fully saturated rings. The van der Waals surface area contributed by atoms with E-state index in [9.17, 15) is 5.11 Å². The molecule has 1 rings (SSSR count). The van der Waals surface area contributed by atoms with Crippen molar-refractivity contribution < 1.29 is 5.11 Å². The summed E-state index contributed by atoms with van der Waals surface area (Å²) in [7, 11) is 4.25. The fraction of sp³-hybridized carbons (Fsp3) is 1.00. The molecule has 3 heteroatoms. The first-order chi connectivity index (χ1) is 7.59. The number of rotatable bonds is 5. The van der Waals surface area contributed by atoms with Crippen LogP contribution in [-0.2, 0) is 0 Å². The van der Waals surface area contributed by atoms with E-state index in [2.05, 4.69) is 23.9 Å². The minimum absolute atomic E-state index is 0.162. The molecule has 2 atom stereocenters. The summed E-state index contributed by atoms with van der Waals surface area (Å²) < 4.78 is 0. The third-order valence-corrected chi connectivity index (χ3v) is 3.45. The van der Waals surface area contributed by atoms with E-state index in [0.717, 1.165) is 19.5 Å². The van der Waals surface area contributed by atoms with Crippen molar-refractivity contribution in [3.05, 3.63) is 0 Å². The predicted octanol–water partition coefficient (Wildman–Crippen LogP) is 1.56. The molecular formula is C13H28N2O. The van der Waals surface area contributed by atoms with Crippen LogP contribution in [-0.4, -0.2) is 60.8 Å². The van der Waals surface area contributed by atoms with Gasteiger partial charge in [0, 0.05) is 19.1 Å². The molecule has 0 aromatic rings. The first kappa shape index (κ1) is 13.9. The zero-order valence-electron chi connectivity index (χ0n) is 11.2. The van der Waals surface area contributed by atoms with E-state index >= 15 is 0 Å². The Morgan fingerprint density at radius 3 is 2.69 bits per heavy atom. The number of hydrogen-bond donors (Lipinski definition) is 1. The topological polar surface area (TPSA) is 26.7 Å². The Morgan fingerprint density at radius 1 is 1.31 bits per heavy atom. The first-order valence-electron chi connectivity index (χ1n) is 6.66. The van der Waals surface area contributed by atoms with Crippen molar-refractivity contribution in [2.45, 2.75) is 51.2 Å². The Kier molecular flexibility index (Phi) is 6.32. The number of likely N-dealkylation sites (N-methyl/N-ethyl adjacent to an activating group) is 1. The van der Waals surface area contributed by atoms with Crippen molar-refractivity contribution in [1.82, 2.24) is 9.80 Å². The summed E-state index contributed by atoms with van der Waals surface area (Å²) in [6, 6.07) is 0.599. The molecule has 3 nitrogen and oxygen atoms in total. The normalized spacial score (nSPS) is 25.7. The zero-order valence-corrected chi connectivity index (χ0v) is 11.2. The van der Waals surface area contributed by atoms with E-state index in [-0.39, 0.29) is 6.10 Å². The van der Waals surface area contributed by atoms with Gasteiger partial charge in [-0.1, -0.05) is 12.8 Å². The largest absolute Gasteiger partial charge is 0.393 e. The van der Waals surface area contributed by atoms with Gasteiger partial charge in [-0.2, -0.15) is 0 Å². The first-order valence-corrected chi connectivity index (χ1v) is 6.66. The number of likely N-dealkylation sites (tertiary alicyclic amines) is 1. The molecule has 2 unspecified atom stereocenters. The number of aliphatic hydroxyl groups excluding tert-OH is 1. The van der Waals surface area contributed by atoms with Crippen LogP contribution in [0.3, 0.4) is 0 Å². The molecule has 0 amide bonds. The van der Waals surface area contributed by atoms with Crippen LogP contribution in [0.4, 0.5) is 0 Å². The van der Waals surface area contributed by atoms with Crippen molar-refractivity contribution >= 4 is 0 Å². The lowest BCUT2D eigenvalue weighted by Gasteiger charge is -2.31. The molecule has 0 aromatic heterocycles. The maximum Gasteiger partial charge on any atom is 0.0527 e. The van der Waals surface area contributed by atoms with Crippen molar-refractivity contribution in [2.75, 3.05) is 33.7 Å². The highest BCUT2D eigenvalue weighted by Gasteiger charge is 2.21. The smallest absolute Gasteiger partial charge is 0.0527 e. The van der Waals surface area contributed by atoms with Crippen LogP contribution in [0.1, 0.15) is 39.0 Å². The van der Waals surface area contributed by atoms with Crippen LogP contribution >= 0.6 is 0 Å². The lowest BCUT2D eigenvalue weighted by atomic mass is 10.0. The summed E-state index contributed by atoms with van der Waals surface area (Å²) in [5, 5.41) is 9.55. The molecule has 0 radical (unpaired) electrons. The van der Waals surface area contributed by atoms with Gasteiger partial charge in [0.2, 0.25) is 0 Å². The Bertz CT molecular complexity index is 183. The monoisotopic (exact) mass is 228 g/mol. The van der Waals surface area contributed by atoms with E-state index in [0.29, 0.717) is 6.04 Å². The summed E-state index contributed by atoms with van der Waals surface area (Å²) in [6.07, 6.45) is 6.05. The highest BCUT2D eigenvalue weighted by Crippen LogP contribution is 2.20. The Labute approximate surface area is 100 Å². The molecule has 16 heavy (non-hydrogen) atoms. The van der Waals surface area contributed by atoms with Gasteiger partial charge < -0.3 is 10.0 Å². The molecule has 1 saturated heterocycles. The highest BCUT2D eigenvalue weighted by atomic mass is 16.3. The molecule has 1 aliphatic rings. The second kappa shape index (κ2) is 7.25. The number of nitrogens with zero attached hydrogens (tertiary/aromatic N) is 2. The van der Waals surface area contributed by atoms with E-state index in [1.54, 1.807) is 0 Å². The Balaban J connectivity index is 2.44. The van der Waals surface area contributed by atoms with Gasteiger partial charge >= 0.3 is 0 Å². The van der Waals surface area contributed by atoms with Crippen molar-refractivity contribution in [1.29, 1.82) is 0 Å². The van der Waals surface area contributed by atoms with Crippen molar-refractivity contribution in [2.24, 2.45) is 0 Å². The van der Waals surface area contributed by atoms with Gasteiger partial charge in [-0.3, -0.25) is 4.90 Å². The third-order valence-electron chi connectivity index (χ3n) is 3.45. The molecule has 1 N–H and O–H groups in total. The Hall–Kier alpha value is -0.120. The second-order valence-electron chi connectivity index (χ2n) is 5.43. The molecule has 1 aliphatic heterocycles. The second-order valence-corrected chi connectivity index (χ2v) is 5.43. The average Bonchev–Trinajstić information content (AvgIpc) is 2.39. The number of hydrogen-bond acceptors (Lipinski definition) is 3. The van der Waals surface area contributed by atoms with E-state index in [4.69, 9.17) is 0 Å². The summed E-state index contributed by atoms with van der Waals surface area (Å²) >= 11 is 0. The summed E-state index contributed by atoms with van der Waals surface area (Å²) in [6.45, 7) is 5.39. The lowest BCUT2D eigenvalue weighted by Crippen LogP contribution is -2.40. The highest BCUT2D eigenvalue weighted by molar-refractivity contribution is 4.77. The quantitative estimate of drug-likeness (QED) is 0.773. The van der Waals surface area contributed by atoms with Crippen LogP contribution in [0.15, 0.2) is 0 Å². The summed E-state index contributed by atoms with van der Waals surface area (Å²) in [5.74, 6) is 0. The molecule has 0 saturated carbocycles. The molecule has 1 heterocycles. The summed E-state index contributed by atoms with van der Waals surface area (Å²) in [5.41, 5.74) is 0. The van der Waals surface area contributed by atoms with Crippen LogP contribution in [0.25, 0.3) is 0 Å². The third kappa shape index (κ3) is 5.28. The molecule has 0 aromatic carbocycles. The maximum absolute atomic E-state index is 9.55. The van der Waals surface area contributed by atoms with Gasteiger partial charge in [-0.15, -0.1) is 0 Å². The fourth-order valence-corrected chi connectivity index (χ4v) is 2.52. The molecular weight excluding hydrogens is 200 g/mol. The molecule has 0 aliphatic carbocycles. The van der Waals surface area contributed by atoms with Gasteiger partial charge in [0.05, 0.1) is 6.10 Å². The van der Waals surface area contributed by atoms with E-state index in [1.165, 1.54) is 32.2 Å². The zero-order chi connectivity index (χ0) is 12.0. The van der Waals surface area contributed by atoms with Crippen LogP contribution in [0, 0.1) is 0 Å². The van der Waals surface area contributed by atoms with E-state index in [1.807, 2.05) is 6.92 Å². The SMILES string of the molecule is CC(O)CC1CCCCCN1CCN(C)C. The van der Waals surface area contributed by atoms with Gasteiger partial charge in [0.25, 0.3) is 0 Å². The van der Waals surface area contributed by atoms with Gasteiger partial charge in [0.15, 0.2) is 0 Å². The minimum Gasteiger partial charge on any atom is -0.393 e. The predicted molar refractivity (Wildman–Crippen MR) is 68.7 cm³/mol. The van der Waals surface area contributed by atoms with Crippen LogP contribution in [0.5, 0.6) is 0 Å². The van der Waals surface area contributed by atoms with Gasteiger partial charge in [-0.25, -0.2) is 0 Å². The Morgan fingerprint density at radius 2 is 2.06 bits per heavy atom. The van der Waals surface area contributed by atoms with Crippen molar-refractivity contribution in [3.63, 3.8) is 0 Å². The van der Waals surface area contributed by atoms with Crippen LogP contribution in [0.2, 0.25) is 0 Å². The fourth-order valence-electron chi connectivity index (χ4n) is 2.52. The lowest BCUT2D eigenvalue weighted by molar-refractivity contribution is 0.107. The average molecular weight is 228 g/mol. The number of aliphatic hydroxyl groups is 1. The standard InChI is InChI=1S/C13H28N2O/c1-12(16)11-13-7-5-4-6-8-15(13)10-9-14(2)3/h12-13,16H,4-11H2,1-3H3. The maximum atomic E-state index is 9.55. The summed E-state index contributed by atoms with van der Waals surface area (Å²) in [4.78, 5) is 4.82. The molecule has 96 valence electrons. The van der Waals surface area contributed by atoms with Gasteiger partial charge in [0.1, 0.15) is 0 Å². The molecule has 0 spiro atoms. The van der Waals surface area contributed by atoms with Gasteiger partial charge in [-0.05, 0) is 46.8 Å².